The predicted molar refractivity (Wildman–Crippen MR) is 77.5 cm³/mol. The van der Waals surface area contributed by atoms with Crippen LogP contribution in [0.2, 0.25) is 0 Å². The summed E-state index contributed by atoms with van der Waals surface area (Å²) < 4.78 is 0.980. The number of nitriles is 1. The first kappa shape index (κ1) is 13.4. The first-order chi connectivity index (χ1) is 8.67. The molecule has 3 nitrogen and oxygen atoms in total. The van der Waals surface area contributed by atoms with Crippen LogP contribution < -0.4 is 10.6 Å². The zero-order valence-electron chi connectivity index (χ0n) is 10.6. The Hall–Kier alpha value is -1.05. The molecule has 1 fully saturated rings. The number of hydrogen-bond acceptors (Lipinski definition) is 3. The minimum absolute atomic E-state index is 0.401. The summed E-state index contributed by atoms with van der Waals surface area (Å²) in [6, 6.07) is 8.83. The zero-order valence-corrected chi connectivity index (χ0v) is 12.2. The van der Waals surface area contributed by atoms with Crippen molar-refractivity contribution >= 4 is 21.6 Å². The van der Waals surface area contributed by atoms with Crippen LogP contribution in [0.15, 0.2) is 22.7 Å². The van der Waals surface area contributed by atoms with Crippen LogP contribution in [0.1, 0.15) is 31.7 Å². The Balaban J connectivity index is 2.36. The van der Waals surface area contributed by atoms with Crippen molar-refractivity contribution in [1.82, 2.24) is 0 Å². The third kappa shape index (κ3) is 2.52. The van der Waals surface area contributed by atoms with E-state index >= 15 is 0 Å². The SMILES string of the molecule is CC1CCCC(CN)N1c1ccc(C#N)cc1Br. The molecule has 0 saturated carbocycles. The number of rotatable bonds is 2. The summed E-state index contributed by atoms with van der Waals surface area (Å²) in [6.45, 7) is 2.92. The molecular weight excluding hydrogens is 290 g/mol. The van der Waals surface area contributed by atoms with Gasteiger partial charge in [-0.05, 0) is 60.3 Å². The Morgan fingerprint density at radius 2 is 2.28 bits per heavy atom. The first-order valence-electron chi connectivity index (χ1n) is 6.35. The second-order valence-electron chi connectivity index (χ2n) is 4.85. The Bertz CT molecular complexity index is 467. The van der Waals surface area contributed by atoms with E-state index in [-0.39, 0.29) is 0 Å². The maximum Gasteiger partial charge on any atom is 0.0992 e. The number of benzene rings is 1. The van der Waals surface area contributed by atoms with Gasteiger partial charge >= 0.3 is 0 Å². The second-order valence-corrected chi connectivity index (χ2v) is 5.71. The van der Waals surface area contributed by atoms with E-state index in [2.05, 4.69) is 33.8 Å². The van der Waals surface area contributed by atoms with Crippen molar-refractivity contribution in [2.45, 2.75) is 38.3 Å². The molecule has 0 spiro atoms. The van der Waals surface area contributed by atoms with Gasteiger partial charge in [-0.25, -0.2) is 0 Å². The minimum atomic E-state index is 0.401. The normalized spacial score (nSPS) is 23.8. The summed E-state index contributed by atoms with van der Waals surface area (Å²) in [4.78, 5) is 2.40. The van der Waals surface area contributed by atoms with Crippen LogP contribution in [0.5, 0.6) is 0 Å². The van der Waals surface area contributed by atoms with Gasteiger partial charge in [0.15, 0.2) is 0 Å². The zero-order chi connectivity index (χ0) is 13.1. The molecular formula is C14H18BrN3. The van der Waals surface area contributed by atoms with Crippen LogP contribution in [0.25, 0.3) is 0 Å². The summed E-state index contributed by atoms with van der Waals surface area (Å²) in [5.74, 6) is 0. The highest BCUT2D eigenvalue weighted by Gasteiger charge is 2.28. The molecule has 2 rings (SSSR count). The maximum atomic E-state index is 8.91. The van der Waals surface area contributed by atoms with Crippen LogP contribution in [0.4, 0.5) is 5.69 Å². The van der Waals surface area contributed by atoms with E-state index < -0.39 is 0 Å². The molecule has 2 atom stereocenters. The van der Waals surface area contributed by atoms with E-state index in [4.69, 9.17) is 11.0 Å². The largest absolute Gasteiger partial charge is 0.364 e. The molecule has 1 heterocycles. The third-order valence-electron chi connectivity index (χ3n) is 3.65. The average molecular weight is 308 g/mol. The molecule has 2 unspecified atom stereocenters. The first-order valence-corrected chi connectivity index (χ1v) is 7.14. The van der Waals surface area contributed by atoms with Gasteiger partial charge in [0, 0.05) is 23.1 Å². The lowest BCUT2D eigenvalue weighted by atomic mass is 9.95. The predicted octanol–water partition coefficient (Wildman–Crippen LogP) is 3.03. The molecule has 96 valence electrons. The molecule has 0 aromatic heterocycles. The number of nitrogens with zero attached hydrogens (tertiary/aromatic N) is 2. The van der Waals surface area contributed by atoms with E-state index in [0.29, 0.717) is 24.2 Å². The summed E-state index contributed by atoms with van der Waals surface area (Å²) in [5.41, 5.74) is 7.72. The van der Waals surface area contributed by atoms with E-state index in [1.54, 1.807) is 0 Å². The van der Waals surface area contributed by atoms with Gasteiger partial charge in [0.25, 0.3) is 0 Å². The molecule has 0 aliphatic carbocycles. The molecule has 1 saturated heterocycles. The molecule has 1 aliphatic heterocycles. The summed E-state index contributed by atoms with van der Waals surface area (Å²) in [6.07, 6.45) is 3.59. The van der Waals surface area contributed by atoms with Crippen LogP contribution in [-0.2, 0) is 0 Å². The van der Waals surface area contributed by atoms with Gasteiger partial charge < -0.3 is 10.6 Å². The smallest absolute Gasteiger partial charge is 0.0992 e. The number of hydrogen-bond donors (Lipinski definition) is 1. The molecule has 1 aliphatic rings. The van der Waals surface area contributed by atoms with Crippen molar-refractivity contribution in [2.24, 2.45) is 5.73 Å². The second kappa shape index (κ2) is 5.73. The molecule has 18 heavy (non-hydrogen) atoms. The monoisotopic (exact) mass is 307 g/mol. The van der Waals surface area contributed by atoms with Crippen molar-refractivity contribution in [2.75, 3.05) is 11.4 Å². The molecule has 0 bridgehead atoms. The quantitative estimate of drug-likeness (QED) is 0.913. The van der Waals surface area contributed by atoms with E-state index in [1.807, 2.05) is 18.2 Å². The lowest BCUT2D eigenvalue weighted by Crippen LogP contribution is -2.49. The van der Waals surface area contributed by atoms with Gasteiger partial charge in [0.2, 0.25) is 0 Å². The summed E-state index contributed by atoms with van der Waals surface area (Å²) in [5, 5.41) is 8.91. The number of nitrogens with two attached hydrogens (primary N) is 1. The lowest BCUT2D eigenvalue weighted by molar-refractivity contribution is 0.400. The molecule has 1 aromatic carbocycles. The number of anilines is 1. The summed E-state index contributed by atoms with van der Waals surface area (Å²) >= 11 is 3.57. The van der Waals surface area contributed by atoms with Crippen molar-refractivity contribution in [3.05, 3.63) is 28.2 Å². The van der Waals surface area contributed by atoms with E-state index in [9.17, 15) is 0 Å². The molecule has 4 heteroatoms. The highest BCUT2D eigenvalue weighted by atomic mass is 79.9. The highest BCUT2D eigenvalue weighted by molar-refractivity contribution is 9.10. The number of halogens is 1. The van der Waals surface area contributed by atoms with Crippen LogP contribution >= 0.6 is 15.9 Å². The van der Waals surface area contributed by atoms with Crippen LogP contribution in [-0.4, -0.2) is 18.6 Å². The Morgan fingerprint density at radius 1 is 1.50 bits per heavy atom. The molecule has 1 aromatic rings. The maximum absolute atomic E-state index is 8.91. The van der Waals surface area contributed by atoms with Gasteiger partial charge in [0.05, 0.1) is 17.3 Å². The minimum Gasteiger partial charge on any atom is -0.364 e. The van der Waals surface area contributed by atoms with Crippen LogP contribution in [0.3, 0.4) is 0 Å². The third-order valence-corrected chi connectivity index (χ3v) is 4.29. The van der Waals surface area contributed by atoms with Gasteiger partial charge in [-0.15, -0.1) is 0 Å². The summed E-state index contributed by atoms with van der Waals surface area (Å²) in [7, 11) is 0. The fraction of sp³-hybridized carbons (Fsp3) is 0.500. The molecule has 0 radical (unpaired) electrons. The van der Waals surface area contributed by atoms with Crippen molar-refractivity contribution < 1.29 is 0 Å². The van der Waals surface area contributed by atoms with Gasteiger partial charge in [-0.1, -0.05) is 0 Å². The van der Waals surface area contributed by atoms with Crippen molar-refractivity contribution in [3.8, 4) is 6.07 Å². The van der Waals surface area contributed by atoms with E-state index in [0.717, 1.165) is 16.6 Å². The van der Waals surface area contributed by atoms with Crippen molar-refractivity contribution in [3.63, 3.8) is 0 Å². The fourth-order valence-electron chi connectivity index (χ4n) is 2.74. The van der Waals surface area contributed by atoms with Crippen molar-refractivity contribution in [1.29, 1.82) is 5.26 Å². The standard InChI is InChI=1S/C14H18BrN3/c1-10-3-2-4-12(9-17)18(10)14-6-5-11(8-16)7-13(14)15/h5-7,10,12H,2-4,9,17H2,1H3. The topological polar surface area (TPSA) is 53.0 Å². The Kier molecular flexibility index (Phi) is 4.26. The highest BCUT2D eigenvalue weighted by Crippen LogP contribution is 2.34. The number of piperidine rings is 1. The van der Waals surface area contributed by atoms with Gasteiger partial charge in [-0.2, -0.15) is 5.26 Å². The van der Waals surface area contributed by atoms with Gasteiger partial charge in [0.1, 0.15) is 0 Å². The Labute approximate surface area is 117 Å². The fourth-order valence-corrected chi connectivity index (χ4v) is 3.32. The van der Waals surface area contributed by atoms with E-state index in [1.165, 1.54) is 12.8 Å². The van der Waals surface area contributed by atoms with Gasteiger partial charge in [-0.3, -0.25) is 0 Å². The average Bonchev–Trinajstić information content (AvgIpc) is 2.39. The molecule has 2 N–H and O–H groups in total. The molecule has 0 amide bonds. The lowest BCUT2D eigenvalue weighted by Gasteiger charge is -2.42. The Morgan fingerprint density at radius 3 is 2.89 bits per heavy atom. The van der Waals surface area contributed by atoms with Crippen LogP contribution in [0, 0.1) is 11.3 Å².